The largest absolute Gasteiger partial charge is 0.379 e. The molecule has 0 aromatic carbocycles. The molecule has 0 aliphatic carbocycles. The van der Waals surface area contributed by atoms with Crippen molar-refractivity contribution in [2.45, 2.75) is 43.7 Å². The summed E-state index contributed by atoms with van der Waals surface area (Å²) in [7, 11) is -1.43. The van der Waals surface area contributed by atoms with Gasteiger partial charge in [-0.05, 0) is 38.8 Å². The molecule has 0 unspecified atom stereocenters. The Labute approximate surface area is 157 Å². The number of hydrogen-bond acceptors (Lipinski definition) is 6. The van der Waals surface area contributed by atoms with Gasteiger partial charge in [0.2, 0.25) is 10.0 Å². The molecule has 2 fully saturated rings. The van der Waals surface area contributed by atoms with E-state index in [-0.39, 0.29) is 4.90 Å². The fourth-order valence-electron chi connectivity index (χ4n) is 3.65. The zero-order valence-corrected chi connectivity index (χ0v) is 16.8. The Kier molecular flexibility index (Phi) is 6.17. The molecule has 1 aromatic rings. The summed E-state index contributed by atoms with van der Waals surface area (Å²) in [6.45, 7) is 8.35. The Morgan fingerprint density at radius 1 is 1.15 bits per heavy atom. The first-order valence-corrected chi connectivity index (χ1v) is 10.8. The van der Waals surface area contributed by atoms with Gasteiger partial charge in [-0.3, -0.25) is 0 Å². The van der Waals surface area contributed by atoms with Gasteiger partial charge in [-0.25, -0.2) is 13.4 Å². The summed E-state index contributed by atoms with van der Waals surface area (Å²) >= 11 is 0. The highest BCUT2D eigenvalue weighted by atomic mass is 32.2. The minimum absolute atomic E-state index is 0.256. The van der Waals surface area contributed by atoms with Crippen LogP contribution >= 0.6 is 0 Å². The van der Waals surface area contributed by atoms with E-state index in [1.807, 2.05) is 13.1 Å². The molecule has 0 saturated carbocycles. The maximum atomic E-state index is 12.7. The SMILES string of the molecule is CC(C)N1CCC(N(C)c2ccc(S(=O)(=O)N3CCOCC3)cn2)CC1. The number of morpholine rings is 1. The van der Waals surface area contributed by atoms with E-state index in [9.17, 15) is 8.42 Å². The predicted octanol–water partition coefficient (Wildman–Crippen LogP) is 1.41. The molecule has 0 radical (unpaired) electrons. The van der Waals surface area contributed by atoms with E-state index in [1.165, 1.54) is 10.5 Å². The Morgan fingerprint density at radius 2 is 1.81 bits per heavy atom. The zero-order valence-electron chi connectivity index (χ0n) is 16.0. The van der Waals surface area contributed by atoms with Crippen molar-refractivity contribution in [3.8, 4) is 0 Å². The first-order valence-electron chi connectivity index (χ1n) is 9.40. The van der Waals surface area contributed by atoms with Crippen LogP contribution in [0.1, 0.15) is 26.7 Å². The van der Waals surface area contributed by atoms with Crippen LogP contribution < -0.4 is 4.90 Å². The maximum absolute atomic E-state index is 12.7. The molecular formula is C18H30N4O3S. The van der Waals surface area contributed by atoms with E-state index >= 15 is 0 Å². The van der Waals surface area contributed by atoms with E-state index in [0.29, 0.717) is 38.4 Å². The molecule has 0 atom stereocenters. The van der Waals surface area contributed by atoms with Crippen molar-refractivity contribution in [2.24, 2.45) is 0 Å². The Morgan fingerprint density at radius 3 is 2.35 bits per heavy atom. The topological polar surface area (TPSA) is 66.0 Å². The standard InChI is InChI=1S/C18H30N4O3S/c1-15(2)21-8-6-16(7-9-21)20(3)18-5-4-17(14-19-18)26(23,24)22-10-12-25-13-11-22/h4-5,14-16H,6-13H2,1-3H3. The number of piperidine rings is 1. The molecule has 7 nitrogen and oxygen atoms in total. The van der Waals surface area contributed by atoms with Crippen molar-refractivity contribution in [1.82, 2.24) is 14.2 Å². The van der Waals surface area contributed by atoms with Gasteiger partial charge < -0.3 is 14.5 Å². The number of rotatable bonds is 5. The van der Waals surface area contributed by atoms with Crippen LogP contribution in [0.25, 0.3) is 0 Å². The first kappa shape index (κ1) is 19.5. The molecule has 146 valence electrons. The lowest BCUT2D eigenvalue weighted by Gasteiger charge is -2.39. The van der Waals surface area contributed by atoms with E-state index in [1.54, 1.807) is 6.07 Å². The lowest BCUT2D eigenvalue weighted by Crippen LogP contribution is -2.46. The van der Waals surface area contributed by atoms with E-state index in [2.05, 4.69) is 28.6 Å². The van der Waals surface area contributed by atoms with Crippen molar-refractivity contribution >= 4 is 15.8 Å². The van der Waals surface area contributed by atoms with Gasteiger partial charge in [0.05, 0.1) is 13.2 Å². The summed E-state index contributed by atoms with van der Waals surface area (Å²) in [4.78, 5) is 9.38. The number of anilines is 1. The molecule has 3 rings (SSSR count). The zero-order chi connectivity index (χ0) is 18.7. The molecule has 0 spiro atoms. The summed E-state index contributed by atoms with van der Waals surface area (Å²) in [6, 6.07) is 4.53. The second kappa shape index (κ2) is 8.21. The number of ether oxygens (including phenoxy) is 1. The number of aromatic nitrogens is 1. The molecule has 26 heavy (non-hydrogen) atoms. The Hall–Kier alpha value is -1.22. The van der Waals surface area contributed by atoms with Crippen LogP contribution in [0.15, 0.2) is 23.2 Å². The van der Waals surface area contributed by atoms with Gasteiger partial charge >= 0.3 is 0 Å². The minimum Gasteiger partial charge on any atom is -0.379 e. The van der Waals surface area contributed by atoms with Gasteiger partial charge in [0, 0.05) is 51.5 Å². The van der Waals surface area contributed by atoms with Crippen LogP contribution in [-0.4, -0.2) is 81.1 Å². The third-order valence-corrected chi connectivity index (χ3v) is 7.35. The highest BCUT2D eigenvalue weighted by Gasteiger charge is 2.28. The van der Waals surface area contributed by atoms with Crippen LogP contribution in [0.5, 0.6) is 0 Å². The molecule has 1 aromatic heterocycles. The second-order valence-corrected chi connectivity index (χ2v) is 9.28. The third kappa shape index (κ3) is 4.19. The summed E-state index contributed by atoms with van der Waals surface area (Å²) < 4.78 is 32.1. The summed E-state index contributed by atoms with van der Waals surface area (Å²) in [5, 5.41) is 0. The fourth-order valence-corrected chi connectivity index (χ4v) is 5.00. The van der Waals surface area contributed by atoms with Gasteiger partial charge in [0.15, 0.2) is 0 Å². The molecule has 3 heterocycles. The minimum atomic E-state index is -3.48. The number of pyridine rings is 1. The van der Waals surface area contributed by atoms with Crippen LogP contribution in [-0.2, 0) is 14.8 Å². The van der Waals surface area contributed by atoms with Crippen molar-refractivity contribution in [3.63, 3.8) is 0 Å². The first-order chi connectivity index (χ1) is 12.4. The lowest BCUT2D eigenvalue weighted by molar-refractivity contribution is 0.0730. The summed E-state index contributed by atoms with van der Waals surface area (Å²) in [5.41, 5.74) is 0. The molecule has 2 aliphatic heterocycles. The fraction of sp³-hybridized carbons (Fsp3) is 0.722. The lowest BCUT2D eigenvalue weighted by atomic mass is 10.0. The highest BCUT2D eigenvalue weighted by molar-refractivity contribution is 7.89. The molecule has 2 saturated heterocycles. The average Bonchev–Trinajstić information content (AvgIpc) is 2.68. The van der Waals surface area contributed by atoms with E-state index in [4.69, 9.17) is 4.74 Å². The van der Waals surface area contributed by atoms with Gasteiger partial charge in [-0.15, -0.1) is 0 Å². The number of nitrogens with zero attached hydrogens (tertiary/aromatic N) is 4. The van der Waals surface area contributed by atoms with Gasteiger partial charge in [0.25, 0.3) is 0 Å². The monoisotopic (exact) mass is 382 g/mol. The van der Waals surface area contributed by atoms with Crippen molar-refractivity contribution in [1.29, 1.82) is 0 Å². The molecule has 8 heteroatoms. The third-order valence-electron chi connectivity index (χ3n) is 5.47. The van der Waals surface area contributed by atoms with Crippen LogP contribution in [0.3, 0.4) is 0 Å². The van der Waals surface area contributed by atoms with Gasteiger partial charge in [-0.2, -0.15) is 4.31 Å². The number of sulfonamides is 1. The maximum Gasteiger partial charge on any atom is 0.244 e. The van der Waals surface area contributed by atoms with E-state index in [0.717, 1.165) is 31.7 Å². The molecule has 2 aliphatic rings. The van der Waals surface area contributed by atoms with Crippen molar-refractivity contribution < 1.29 is 13.2 Å². The van der Waals surface area contributed by atoms with Crippen molar-refractivity contribution in [2.75, 3.05) is 51.3 Å². The van der Waals surface area contributed by atoms with Crippen LogP contribution in [0.4, 0.5) is 5.82 Å². The summed E-state index contributed by atoms with van der Waals surface area (Å²) in [6.07, 6.45) is 3.69. The molecular weight excluding hydrogens is 352 g/mol. The van der Waals surface area contributed by atoms with Crippen molar-refractivity contribution in [3.05, 3.63) is 18.3 Å². The smallest absolute Gasteiger partial charge is 0.244 e. The van der Waals surface area contributed by atoms with Crippen LogP contribution in [0.2, 0.25) is 0 Å². The molecule has 0 N–H and O–H groups in total. The van der Waals surface area contributed by atoms with E-state index < -0.39 is 10.0 Å². The predicted molar refractivity (Wildman–Crippen MR) is 102 cm³/mol. The van der Waals surface area contributed by atoms with Gasteiger partial charge in [0.1, 0.15) is 10.7 Å². The molecule has 0 amide bonds. The quantitative estimate of drug-likeness (QED) is 0.767. The Balaban J connectivity index is 1.65. The molecule has 0 bridgehead atoms. The average molecular weight is 383 g/mol. The number of likely N-dealkylation sites (tertiary alicyclic amines) is 1. The normalized spacial score (nSPS) is 21.2. The van der Waals surface area contributed by atoms with Gasteiger partial charge in [-0.1, -0.05) is 0 Å². The second-order valence-electron chi connectivity index (χ2n) is 7.34. The Bertz CT molecular complexity index is 679. The summed E-state index contributed by atoms with van der Waals surface area (Å²) in [5.74, 6) is 0.828. The number of hydrogen-bond donors (Lipinski definition) is 0. The highest BCUT2D eigenvalue weighted by Crippen LogP contribution is 2.23. The van der Waals surface area contributed by atoms with Crippen LogP contribution in [0, 0.1) is 0 Å².